The number of hydrogen-bond acceptors (Lipinski definition) is 4. The number of ether oxygens (including phenoxy) is 2. The Labute approximate surface area is 109 Å². The van der Waals surface area contributed by atoms with E-state index in [1.807, 2.05) is 0 Å². The normalized spacial score (nSPS) is 24.1. The van der Waals surface area contributed by atoms with E-state index in [0.717, 1.165) is 24.8 Å². The van der Waals surface area contributed by atoms with Crippen LogP contribution in [0.25, 0.3) is 0 Å². The van der Waals surface area contributed by atoms with Gasteiger partial charge < -0.3 is 19.7 Å². The zero-order valence-corrected chi connectivity index (χ0v) is 11.5. The molecule has 0 aliphatic heterocycles. The Morgan fingerprint density at radius 2 is 2.00 bits per heavy atom. The summed E-state index contributed by atoms with van der Waals surface area (Å²) in [6.45, 7) is 2.16. The molecule has 4 nitrogen and oxygen atoms in total. The lowest BCUT2D eigenvalue weighted by atomic mass is 9.94. The van der Waals surface area contributed by atoms with Crippen LogP contribution in [0.4, 0.5) is 0 Å². The Bertz CT molecular complexity index is 333. The summed E-state index contributed by atoms with van der Waals surface area (Å²) < 4.78 is 10.2. The van der Waals surface area contributed by atoms with E-state index in [1.54, 1.807) is 0 Å². The molecule has 18 heavy (non-hydrogen) atoms. The highest BCUT2D eigenvalue weighted by atomic mass is 16.6. The summed E-state index contributed by atoms with van der Waals surface area (Å²) >= 11 is 0. The molecule has 4 heteroatoms. The van der Waals surface area contributed by atoms with Crippen LogP contribution >= 0.6 is 0 Å². The van der Waals surface area contributed by atoms with E-state index in [0.29, 0.717) is 5.76 Å². The first kappa shape index (κ1) is 15.1. The number of methoxy groups -OCH3 is 2. The Morgan fingerprint density at radius 1 is 1.28 bits per heavy atom. The molecule has 104 valence electrons. The van der Waals surface area contributed by atoms with Gasteiger partial charge in [-0.2, -0.15) is 0 Å². The molecule has 2 N–H and O–H groups in total. The van der Waals surface area contributed by atoms with Gasteiger partial charge in [0.1, 0.15) is 11.5 Å². The molecular weight excluding hydrogens is 232 g/mol. The summed E-state index contributed by atoms with van der Waals surface area (Å²) in [5.41, 5.74) is 0.787. The predicted molar refractivity (Wildman–Crippen MR) is 70.1 cm³/mol. The zero-order chi connectivity index (χ0) is 13.6. The lowest BCUT2D eigenvalue weighted by Crippen LogP contribution is -2.32. The van der Waals surface area contributed by atoms with Gasteiger partial charge in [0.2, 0.25) is 0 Å². The van der Waals surface area contributed by atoms with Gasteiger partial charge in [0.05, 0.1) is 13.5 Å². The van der Waals surface area contributed by atoms with E-state index < -0.39 is 5.79 Å². The van der Waals surface area contributed by atoms with Crippen LogP contribution in [-0.4, -0.2) is 30.2 Å². The topological polar surface area (TPSA) is 58.9 Å². The average molecular weight is 256 g/mol. The molecule has 0 saturated carbocycles. The fraction of sp³-hybridized carbons (Fsp3) is 0.714. The molecule has 1 unspecified atom stereocenters. The van der Waals surface area contributed by atoms with Crippen molar-refractivity contribution in [3.63, 3.8) is 0 Å². The van der Waals surface area contributed by atoms with E-state index in [9.17, 15) is 10.2 Å². The van der Waals surface area contributed by atoms with Crippen molar-refractivity contribution in [2.45, 2.75) is 51.2 Å². The molecule has 0 aromatic heterocycles. The molecule has 0 saturated heterocycles. The van der Waals surface area contributed by atoms with Crippen LogP contribution < -0.4 is 0 Å². The van der Waals surface area contributed by atoms with Gasteiger partial charge in [-0.3, -0.25) is 0 Å². The second kappa shape index (κ2) is 6.81. The molecule has 1 aliphatic carbocycles. The van der Waals surface area contributed by atoms with Crippen molar-refractivity contribution in [3.05, 3.63) is 23.2 Å². The van der Waals surface area contributed by atoms with Gasteiger partial charge in [-0.1, -0.05) is 26.2 Å². The molecule has 0 radical (unpaired) electrons. The molecule has 1 aliphatic rings. The van der Waals surface area contributed by atoms with Gasteiger partial charge in [0.15, 0.2) is 5.79 Å². The van der Waals surface area contributed by atoms with Gasteiger partial charge in [0, 0.05) is 18.8 Å². The second-order valence-electron chi connectivity index (χ2n) is 4.67. The van der Waals surface area contributed by atoms with Crippen LogP contribution in [0.1, 0.15) is 45.4 Å². The lowest BCUT2D eigenvalue weighted by molar-refractivity contribution is -0.152. The largest absolute Gasteiger partial charge is 0.512 e. The van der Waals surface area contributed by atoms with E-state index in [4.69, 9.17) is 9.47 Å². The zero-order valence-electron chi connectivity index (χ0n) is 11.5. The highest BCUT2D eigenvalue weighted by molar-refractivity contribution is 5.35. The standard InChI is InChI=1S/C14H24O4/c1-4-5-6-7-8-11-12(15)9-14(16,18-3)10-13(11)17-2/h10,15-16H,4-9H2,1-3H3. The fourth-order valence-corrected chi connectivity index (χ4v) is 2.14. The smallest absolute Gasteiger partial charge is 0.195 e. The van der Waals surface area contributed by atoms with Crippen molar-refractivity contribution < 1.29 is 19.7 Å². The van der Waals surface area contributed by atoms with E-state index in [2.05, 4.69) is 6.92 Å². The monoisotopic (exact) mass is 256 g/mol. The average Bonchev–Trinajstić information content (AvgIpc) is 2.36. The molecule has 0 heterocycles. The van der Waals surface area contributed by atoms with Crippen LogP contribution in [0.3, 0.4) is 0 Å². The minimum Gasteiger partial charge on any atom is -0.512 e. The van der Waals surface area contributed by atoms with Crippen molar-refractivity contribution in [2.24, 2.45) is 0 Å². The lowest BCUT2D eigenvalue weighted by Gasteiger charge is -2.29. The number of hydrogen-bond donors (Lipinski definition) is 2. The van der Waals surface area contributed by atoms with Crippen molar-refractivity contribution in [2.75, 3.05) is 14.2 Å². The molecule has 1 atom stereocenters. The maximum Gasteiger partial charge on any atom is 0.195 e. The summed E-state index contributed by atoms with van der Waals surface area (Å²) in [6, 6.07) is 0. The van der Waals surface area contributed by atoms with E-state index in [-0.39, 0.29) is 12.2 Å². The molecule has 0 spiro atoms. The van der Waals surface area contributed by atoms with Crippen molar-refractivity contribution in [1.29, 1.82) is 0 Å². The Morgan fingerprint density at radius 3 is 2.56 bits per heavy atom. The van der Waals surface area contributed by atoms with Crippen molar-refractivity contribution in [3.8, 4) is 0 Å². The second-order valence-corrected chi connectivity index (χ2v) is 4.67. The summed E-state index contributed by atoms with van der Waals surface area (Å²) in [4.78, 5) is 0. The van der Waals surface area contributed by atoms with E-state index >= 15 is 0 Å². The van der Waals surface area contributed by atoms with Crippen LogP contribution in [-0.2, 0) is 9.47 Å². The third-order valence-corrected chi connectivity index (χ3v) is 3.28. The summed E-state index contributed by atoms with van der Waals surface area (Å²) in [5, 5.41) is 20.0. The first-order chi connectivity index (χ1) is 8.56. The Kier molecular flexibility index (Phi) is 5.69. The summed E-state index contributed by atoms with van der Waals surface area (Å²) in [7, 11) is 2.94. The quantitative estimate of drug-likeness (QED) is 0.543. The molecule has 0 aromatic rings. The third kappa shape index (κ3) is 3.75. The van der Waals surface area contributed by atoms with Crippen LogP contribution in [0.5, 0.6) is 0 Å². The highest BCUT2D eigenvalue weighted by Crippen LogP contribution is 2.33. The number of unbranched alkanes of at least 4 members (excludes halogenated alkanes) is 3. The van der Waals surface area contributed by atoms with Crippen molar-refractivity contribution in [1.82, 2.24) is 0 Å². The number of aliphatic hydroxyl groups is 2. The molecule has 0 fully saturated rings. The SMILES string of the molecule is CCCCCCC1=C(O)CC(O)(OC)C=C1OC. The fourth-order valence-electron chi connectivity index (χ4n) is 2.14. The minimum absolute atomic E-state index is 0.0828. The minimum atomic E-state index is -1.46. The van der Waals surface area contributed by atoms with Gasteiger partial charge >= 0.3 is 0 Å². The number of allylic oxidation sites excluding steroid dienone is 1. The molecular formula is C14H24O4. The Balaban J connectivity index is 2.71. The van der Waals surface area contributed by atoms with Gasteiger partial charge in [0.25, 0.3) is 0 Å². The van der Waals surface area contributed by atoms with Crippen molar-refractivity contribution >= 4 is 0 Å². The molecule has 0 aromatic carbocycles. The van der Waals surface area contributed by atoms with Gasteiger partial charge in [-0.15, -0.1) is 0 Å². The predicted octanol–water partition coefficient (Wildman–Crippen LogP) is 3.04. The maximum absolute atomic E-state index is 10.0. The van der Waals surface area contributed by atoms with Crippen LogP contribution in [0.15, 0.2) is 23.2 Å². The summed E-state index contributed by atoms with van der Waals surface area (Å²) in [6.07, 6.45) is 6.91. The van der Waals surface area contributed by atoms with Crippen LogP contribution in [0.2, 0.25) is 0 Å². The molecule has 0 amide bonds. The highest BCUT2D eigenvalue weighted by Gasteiger charge is 2.33. The summed E-state index contributed by atoms with van der Waals surface area (Å²) in [5.74, 6) is -0.780. The third-order valence-electron chi connectivity index (χ3n) is 3.28. The van der Waals surface area contributed by atoms with Crippen LogP contribution in [0, 0.1) is 0 Å². The van der Waals surface area contributed by atoms with Gasteiger partial charge in [-0.25, -0.2) is 0 Å². The van der Waals surface area contributed by atoms with E-state index in [1.165, 1.54) is 33.1 Å². The first-order valence-electron chi connectivity index (χ1n) is 6.52. The molecule has 1 rings (SSSR count). The number of aliphatic hydroxyl groups excluding tert-OH is 1. The molecule has 0 bridgehead atoms. The Hall–Kier alpha value is -1.00. The number of rotatable bonds is 7. The first-order valence-corrected chi connectivity index (χ1v) is 6.52. The maximum atomic E-state index is 10.0. The van der Waals surface area contributed by atoms with Gasteiger partial charge in [-0.05, 0) is 12.8 Å².